The number of hydrogen-bond donors (Lipinski definition) is 0. The number of para-hydroxylation sites is 1. The molecule has 2 heterocycles. The molecule has 0 N–H and O–H groups in total. The number of fused-ring (bicyclic) bond motifs is 1. The van der Waals surface area contributed by atoms with Crippen LogP contribution in [0.5, 0.6) is 0 Å². The van der Waals surface area contributed by atoms with Crippen LogP contribution in [0.15, 0.2) is 76.8 Å². The molecule has 5 nitrogen and oxygen atoms in total. The van der Waals surface area contributed by atoms with Crippen molar-refractivity contribution in [3.05, 3.63) is 93.9 Å². The second kappa shape index (κ2) is 7.67. The van der Waals surface area contributed by atoms with Crippen LogP contribution in [-0.2, 0) is 5.75 Å². The van der Waals surface area contributed by atoms with E-state index in [1.807, 2.05) is 55.5 Å². The molecule has 2 aromatic carbocycles. The van der Waals surface area contributed by atoms with Gasteiger partial charge >= 0.3 is 0 Å². The third-order valence-corrected chi connectivity index (χ3v) is 5.35. The lowest BCUT2D eigenvalue weighted by molar-refractivity contribution is 0.794. The molecular formula is C22H16N4OS. The highest BCUT2D eigenvalue weighted by atomic mass is 32.2. The summed E-state index contributed by atoms with van der Waals surface area (Å²) >= 11 is 1.42. The van der Waals surface area contributed by atoms with Crippen molar-refractivity contribution in [3.63, 3.8) is 0 Å². The average molecular weight is 384 g/mol. The van der Waals surface area contributed by atoms with Crippen LogP contribution in [0.3, 0.4) is 0 Å². The van der Waals surface area contributed by atoms with E-state index in [1.54, 1.807) is 22.9 Å². The number of hydrogen-bond acceptors (Lipinski definition) is 5. The van der Waals surface area contributed by atoms with Crippen molar-refractivity contribution in [2.45, 2.75) is 17.8 Å². The molecule has 0 spiro atoms. The molecule has 6 heteroatoms. The molecule has 0 aliphatic heterocycles. The molecular weight excluding hydrogens is 368 g/mol. The Kier molecular flexibility index (Phi) is 4.92. The first-order valence-electron chi connectivity index (χ1n) is 8.73. The van der Waals surface area contributed by atoms with Crippen LogP contribution in [0, 0.1) is 18.3 Å². The molecule has 2 aromatic heterocycles. The Balaban J connectivity index is 1.84. The van der Waals surface area contributed by atoms with E-state index in [0.717, 1.165) is 11.1 Å². The Morgan fingerprint density at radius 2 is 1.86 bits per heavy atom. The molecule has 4 rings (SSSR count). The highest BCUT2D eigenvalue weighted by Gasteiger charge is 2.15. The minimum atomic E-state index is -0.155. The number of benzene rings is 2. The lowest BCUT2D eigenvalue weighted by atomic mass is 10.1. The standard InChI is InChI=1S/C22H16N4OS/c1-15-10-11-20(24-13-15)26-21(27)18-8-4-5-9-19(18)25-22(26)28-14-17-7-3-2-6-16(17)12-23/h2-11,13H,14H2,1H3. The van der Waals surface area contributed by atoms with Crippen molar-refractivity contribution in [2.24, 2.45) is 0 Å². The first kappa shape index (κ1) is 18.0. The fourth-order valence-corrected chi connectivity index (χ4v) is 3.91. The summed E-state index contributed by atoms with van der Waals surface area (Å²) in [4.78, 5) is 22.3. The maximum Gasteiger partial charge on any atom is 0.267 e. The summed E-state index contributed by atoms with van der Waals surface area (Å²) in [6, 6.07) is 20.7. The van der Waals surface area contributed by atoms with Crippen molar-refractivity contribution in [3.8, 4) is 11.9 Å². The molecule has 0 atom stereocenters. The lowest BCUT2D eigenvalue weighted by Gasteiger charge is -2.13. The minimum Gasteiger partial charge on any atom is -0.268 e. The van der Waals surface area contributed by atoms with Crippen LogP contribution >= 0.6 is 11.8 Å². The summed E-state index contributed by atoms with van der Waals surface area (Å²) in [5.41, 5.74) is 3.03. The molecule has 0 bridgehead atoms. The Labute approximate surface area is 166 Å². The predicted octanol–water partition coefficient (Wildman–Crippen LogP) is 4.25. The quantitative estimate of drug-likeness (QED) is 0.388. The molecule has 0 fully saturated rings. The number of thioether (sulfide) groups is 1. The monoisotopic (exact) mass is 384 g/mol. The average Bonchev–Trinajstić information content (AvgIpc) is 2.73. The third-order valence-electron chi connectivity index (χ3n) is 4.36. The first-order valence-corrected chi connectivity index (χ1v) is 9.71. The summed E-state index contributed by atoms with van der Waals surface area (Å²) in [5.74, 6) is 1.06. The van der Waals surface area contributed by atoms with Gasteiger partial charge in [0.25, 0.3) is 5.56 Å². The number of pyridine rings is 1. The smallest absolute Gasteiger partial charge is 0.267 e. The summed E-state index contributed by atoms with van der Waals surface area (Å²) < 4.78 is 1.54. The fraction of sp³-hybridized carbons (Fsp3) is 0.0909. The van der Waals surface area contributed by atoms with Crippen LogP contribution in [-0.4, -0.2) is 14.5 Å². The van der Waals surface area contributed by atoms with Crippen LogP contribution in [0.2, 0.25) is 0 Å². The van der Waals surface area contributed by atoms with Gasteiger partial charge in [-0.15, -0.1) is 0 Å². The van der Waals surface area contributed by atoms with Gasteiger partial charge in [-0.2, -0.15) is 5.26 Å². The number of aromatic nitrogens is 3. The highest BCUT2D eigenvalue weighted by Crippen LogP contribution is 2.25. The van der Waals surface area contributed by atoms with Crippen LogP contribution in [0.25, 0.3) is 16.7 Å². The second-order valence-electron chi connectivity index (χ2n) is 6.30. The first-order chi connectivity index (χ1) is 13.7. The Morgan fingerprint density at radius 3 is 2.64 bits per heavy atom. The van der Waals surface area contributed by atoms with Gasteiger partial charge in [0.2, 0.25) is 0 Å². The Morgan fingerprint density at radius 1 is 1.07 bits per heavy atom. The van der Waals surface area contributed by atoms with Crippen molar-refractivity contribution < 1.29 is 0 Å². The van der Waals surface area contributed by atoms with Gasteiger partial charge in [0.15, 0.2) is 5.16 Å². The fourth-order valence-electron chi connectivity index (χ4n) is 2.90. The molecule has 0 unspecified atom stereocenters. The molecule has 136 valence electrons. The third kappa shape index (κ3) is 3.40. The van der Waals surface area contributed by atoms with E-state index in [1.165, 1.54) is 11.8 Å². The second-order valence-corrected chi connectivity index (χ2v) is 7.25. The van der Waals surface area contributed by atoms with Crippen LogP contribution in [0.1, 0.15) is 16.7 Å². The molecule has 0 saturated heterocycles. The number of aryl methyl sites for hydroxylation is 1. The normalized spacial score (nSPS) is 10.7. The zero-order valence-corrected chi connectivity index (χ0v) is 16.0. The largest absolute Gasteiger partial charge is 0.268 e. The molecule has 0 saturated carbocycles. The van der Waals surface area contributed by atoms with Gasteiger partial charge in [-0.1, -0.05) is 48.2 Å². The maximum atomic E-state index is 13.2. The zero-order valence-electron chi connectivity index (χ0n) is 15.2. The van der Waals surface area contributed by atoms with Gasteiger partial charge in [-0.3, -0.25) is 4.79 Å². The maximum absolute atomic E-state index is 13.2. The SMILES string of the molecule is Cc1ccc(-n2c(SCc3ccccc3C#N)nc3ccccc3c2=O)nc1. The van der Waals surface area contributed by atoms with Gasteiger partial charge in [0.1, 0.15) is 5.82 Å². The molecule has 4 aromatic rings. The van der Waals surface area contributed by atoms with Crippen molar-refractivity contribution in [1.29, 1.82) is 5.26 Å². The summed E-state index contributed by atoms with van der Waals surface area (Å²) in [6.07, 6.45) is 1.73. The van der Waals surface area contributed by atoms with E-state index in [4.69, 9.17) is 4.98 Å². The zero-order chi connectivity index (χ0) is 19.5. The van der Waals surface area contributed by atoms with E-state index < -0.39 is 0 Å². The van der Waals surface area contributed by atoms with E-state index >= 15 is 0 Å². The molecule has 0 aliphatic rings. The van der Waals surface area contributed by atoms with E-state index in [2.05, 4.69) is 11.1 Å². The van der Waals surface area contributed by atoms with Crippen LogP contribution in [0.4, 0.5) is 0 Å². The predicted molar refractivity (Wildman–Crippen MR) is 111 cm³/mol. The summed E-state index contributed by atoms with van der Waals surface area (Å²) in [6.45, 7) is 1.95. The highest BCUT2D eigenvalue weighted by molar-refractivity contribution is 7.98. The number of nitriles is 1. The molecule has 0 amide bonds. The molecule has 0 aliphatic carbocycles. The molecule has 0 radical (unpaired) electrons. The van der Waals surface area contributed by atoms with E-state index in [9.17, 15) is 10.1 Å². The lowest BCUT2D eigenvalue weighted by Crippen LogP contribution is -2.22. The van der Waals surface area contributed by atoms with Gasteiger partial charge in [0.05, 0.1) is 22.5 Å². The topological polar surface area (TPSA) is 71.6 Å². The number of rotatable bonds is 4. The van der Waals surface area contributed by atoms with Crippen molar-refractivity contribution in [2.75, 3.05) is 0 Å². The molecule has 28 heavy (non-hydrogen) atoms. The van der Waals surface area contributed by atoms with Gasteiger partial charge in [-0.25, -0.2) is 14.5 Å². The van der Waals surface area contributed by atoms with Gasteiger partial charge in [0, 0.05) is 11.9 Å². The Bertz CT molecular complexity index is 1260. The van der Waals surface area contributed by atoms with Crippen molar-refractivity contribution >= 4 is 22.7 Å². The minimum absolute atomic E-state index is 0.155. The van der Waals surface area contributed by atoms with E-state index in [-0.39, 0.29) is 5.56 Å². The number of nitrogens with zero attached hydrogens (tertiary/aromatic N) is 4. The van der Waals surface area contributed by atoms with Crippen LogP contribution < -0.4 is 5.56 Å². The van der Waals surface area contributed by atoms with Gasteiger partial charge < -0.3 is 0 Å². The van der Waals surface area contributed by atoms with Crippen molar-refractivity contribution in [1.82, 2.24) is 14.5 Å². The Hall–Kier alpha value is -3.43. The van der Waals surface area contributed by atoms with E-state index in [0.29, 0.717) is 33.2 Å². The summed E-state index contributed by atoms with van der Waals surface area (Å²) in [5, 5.41) is 10.4. The van der Waals surface area contributed by atoms with Gasteiger partial charge in [-0.05, 0) is 42.3 Å². The summed E-state index contributed by atoms with van der Waals surface area (Å²) in [7, 11) is 0.